The molecule has 0 aliphatic carbocycles. The Morgan fingerprint density at radius 1 is 1.15 bits per heavy atom. The lowest BCUT2D eigenvalue weighted by molar-refractivity contribution is 0.161. The molecule has 1 saturated heterocycles. The van der Waals surface area contributed by atoms with Crippen LogP contribution in [0.15, 0.2) is 17.2 Å². The molecule has 7 nitrogen and oxygen atoms in total. The van der Waals surface area contributed by atoms with Crippen molar-refractivity contribution in [1.82, 2.24) is 29.2 Å². The highest BCUT2D eigenvalue weighted by Crippen LogP contribution is 2.21. The van der Waals surface area contributed by atoms with Crippen LogP contribution in [0.2, 0.25) is 0 Å². The van der Waals surface area contributed by atoms with Crippen molar-refractivity contribution in [3.8, 4) is 0 Å². The van der Waals surface area contributed by atoms with Gasteiger partial charge >= 0.3 is 0 Å². The topological polar surface area (TPSA) is 68.8 Å². The number of rotatable bonds is 5. The molecular weight excluding hydrogens is 340 g/mol. The van der Waals surface area contributed by atoms with Crippen LogP contribution in [0.4, 0.5) is 0 Å². The summed E-state index contributed by atoms with van der Waals surface area (Å²) in [5.41, 5.74) is 0.953. The highest BCUT2D eigenvalue weighted by atomic mass is 16.1. The van der Waals surface area contributed by atoms with E-state index in [0.29, 0.717) is 11.8 Å². The van der Waals surface area contributed by atoms with Crippen LogP contribution in [0.25, 0.3) is 0 Å². The predicted molar refractivity (Wildman–Crippen MR) is 104 cm³/mol. The number of likely N-dealkylation sites (tertiary alicyclic amines) is 1. The third kappa shape index (κ3) is 4.13. The molecule has 0 unspecified atom stereocenters. The first-order chi connectivity index (χ1) is 13.1. The van der Waals surface area contributed by atoms with Gasteiger partial charge < -0.3 is 4.57 Å². The molecule has 2 aliphatic heterocycles. The molecule has 146 valence electrons. The minimum Gasteiger partial charge on any atom is -0.314 e. The first kappa shape index (κ1) is 18.3. The zero-order valence-electron chi connectivity index (χ0n) is 16.5. The van der Waals surface area contributed by atoms with Crippen molar-refractivity contribution < 1.29 is 0 Å². The second kappa shape index (κ2) is 7.92. The molecule has 4 heterocycles. The van der Waals surface area contributed by atoms with E-state index in [1.165, 1.54) is 12.8 Å². The van der Waals surface area contributed by atoms with E-state index in [2.05, 4.69) is 38.5 Å². The quantitative estimate of drug-likeness (QED) is 0.807. The number of aromatic nitrogens is 5. The van der Waals surface area contributed by atoms with Gasteiger partial charge in [0, 0.05) is 25.6 Å². The van der Waals surface area contributed by atoms with Gasteiger partial charge in [0.2, 0.25) is 0 Å². The number of fused-ring (bicyclic) bond motifs is 1. The Bertz CT molecular complexity index is 831. The van der Waals surface area contributed by atoms with E-state index in [4.69, 9.17) is 0 Å². The smallest absolute Gasteiger partial charge is 0.253 e. The van der Waals surface area contributed by atoms with E-state index in [1.807, 2.05) is 0 Å². The second-order valence-electron chi connectivity index (χ2n) is 8.32. The Kier molecular flexibility index (Phi) is 5.38. The van der Waals surface area contributed by atoms with E-state index in [0.717, 1.165) is 69.3 Å². The van der Waals surface area contributed by atoms with Crippen LogP contribution >= 0.6 is 0 Å². The van der Waals surface area contributed by atoms with Gasteiger partial charge in [0.05, 0.1) is 18.6 Å². The van der Waals surface area contributed by atoms with Crippen molar-refractivity contribution in [2.24, 2.45) is 5.92 Å². The average Bonchev–Trinajstić information content (AvgIpc) is 3.08. The Morgan fingerprint density at radius 3 is 2.70 bits per heavy atom. The Hall–Kier alpha value is -2.02. The lowest BCUT2D eigenvalue weighted by atomic mass is 9.96. The third-order valence-electron chi connectivity index (χ3n) is 5.96. The number of hydrogen-bond acceptors (Lipinski definition) is 5. The van der Waals surface area contributed by atoms with Gasteiger partial charge in [-0.05, 0) is 50.6 Å². The molecule has 27 heavy (non-hydrogen) atoms. The summed E-state index contributed by atoms with van der Waals surface area (Å²) >= 11 is 0. The van der Waals surface area contributed by atoms with Crippen LogP contribution in [0.3, 0.4) is 0 Å². The molecule has 2 aromatic heterocycles. The lowest BCUT2D eigenvalue weighted by Crippen LogP contribution is -2.36. The molecule has 0 saturated carbocycles. The number of nitrogens with zero attached hydrogens (tertiary/aromatic N) is 6. The van der Waals surface area contributed by atoms with Crippen LogP contribution in [-0.4, -0.2) is 42.3 Å². The molecular formula is C20H30N6O. The summed E-state index contributed by atoms with van der Waals surface area (Å²) in [4.78, 5) is 19.2. The SMILES string of the molecule is CC(C)c1cc(=O)n(CC2CCN(Cc3nnc4n3CCCC4)CC2)cn1. The normalized spacial score (nSPS) is 18.8. The molecule has 7 heteroatoms. The Labute approximate surface area is 160 Å². The summed E-state index contributed by atoms with van der Waals surface area (Å²) in [5.74, 6) is 3.10. The van der Waals surface area contributed by atoms with Crippen molar-refractivity contribution in [3.05, 3.63) is 40.1 Å². The summed E-state index contributed by atoms with van der Waals surface area (Å²) in [6.07, 6.45) is 7.48. The number of hydrogen-bond donors (Lipinski definition) is 0. The molecule has 0 bridgehead atoms. The molecule has 2 aliphatic rings. The van der Waals surface area contributed by atoms with Gasteiger partial charge in [-0.1, -0.05) is 13.8 Å². The zero-order chi connectivity index (χ0) is 18.8. The van der Waals surface area contributed by atoms with Gasteiger partial charge in [0.1, 0.15) is 11.6 Å². The number of aryl methyl sites for hydroxylation is 1. The van der Waals surface area contributed by atoms with Crippen LogP contribution in [-0.2, 0) is 26.1 Å². The van der Waals surface area contributed by atoms with E-state index in [-0.39, 0.29) is 5.56 Å². The van der Waals surface area contributed by atoms with Crippen LogP contribution < -0.4 is 5.56 Å². The molecule has 0 aromatic carbocycles. The highest BCUT2D eigenvalue weighted by Gasteiger charge is 2.23. The average molecular weight is 371 g/mol. The molecule has 2 aromatic rings. The van der Waals surface area contributed by atoms with Gasteiger partial charge in [-0.15, -0.1) is 10.2 Å². The van der Waals surface area contributed by atoms with Gasteiger partial charge in [-0.3, -0.25) is 14.3 Å². The molecule has 0 spiro atoms. The maximum Gasteiger partial charge on any atom is 0.253 e. The summed E-state index contributed by atoms with van der Waals surface area (Å²) in [5, 5.41) is 8.79. The fourth-order valence-electron chi connectivity index (χ4n) is 4.18. The van der Waals surface area contributed by atoms with Crippen molar-refractivity contribution in [3.63, 3.8) is 0 Å². The van der Waals surface area contributed by atoms with Crippen molar-refractivity contribution >= 4 is 0 Å². The summed E-state index contributed by atoms with van der Waals surface area (Å²) in [6.45, 7) is 8.97. The molecule has 0 atom stereocenters. The molecule has 0 radical (unpaired) electrons. The maximum absolute atomic E-state index is 12.3. The first-order valence-corrected chi connectivity index (χ1v) is 10.3. The standard InChI is InChI=1S/C20H30N6O/c1-15(2)17-11-20(27)25(14-21-17)12-16-6-9-24(10-7-16)13-19-23-22-18-5-3-4-8-26(18)19/h11,14-16H,3-10,12-13H2,1-2H3. The maximum atomic E-state index is 12.3. The summed E-state index contributed by atoms with van der Waals surface area (Å²) in [7, 11) is 0. The molecule has 1 fully saturated rings. The van der Waals surface area contributed by atoms with E-state index in [1.54, 1.807) is 17.0 Å². The molecule has 0 amide bonds. The first-order valence-electron chi connectivity index (χ1n) is 10.3. The zero-order valence-corrected chi connectivity index (χ0v) is 16.5. The minimum absolute atomic E-state index is 0.0752. The van der Waals surface area contributed by atoms with E-state index >= 15 is 0 Å². The van der Waals surface area contributed by atoms with Crippen LogP contribution in [0, 0.1) is 5.92 Å². The minimum atomic E-state index is 0.0752. The highest BCUT2D eigenvalue weighted by molar-refractivity contribution is 5.04. The van der Waals surface area contributed by atoms with Crippen LogP contribution in [0.5, 0.6) is 0 Å². The lowest BCUT2D eigenvalue weighted by Gasteiger charge is -2.32. The molecule has 0 N–H and O–H groups in total. The predicted octanol–water partition coefficient (Wildman–Crippen LogP) is 2.21. The summed E-state index contributed by atoms with van der Waals surface area (Å²) in [6, 6.07) is 1.69. The largest absolute Gasteiger partial charge is 0.314 e. The number of piperidine rings is 1. The summed E-state index contributed by atoms with van der Waals surface area (Å²) < 4.78 is 4.10. The van der Waals surface area contributed by atoms with Crippen LogP contribution in [0.1, 0.15) is 62.8 Å². The van der Waals surface area contributed by atoms with E-state index < -0.39 is 0 Å². The van der Waals surface area contributed by atoms with Gasteiger partial charge in [-0.25, -0.2) is 4.98 Å². The van der Waals surface area contributed by atoms with Gasteiger partial charge in [0.15, 0.2) is 0 Å². The molecule has 4 rings (SSSR count). The third-order valence-corrected chi connectivity index (χ3v) is 5.96. The van der Waals surface area contributed by atoms with Crippen molar-refractivity contribution in [1.29, 1.82) is 0 Å². The van der Waals surface area contributed by atoms with Crippen molar-refractivity contribution in [2.45, 2.75) is 71.5 Å². The monoisotopic (exact) mass is 370 g/mol. The van der Waals surface area contributed by atoms with Gasteiger partial charge in [0.25, 0.3) is 5.56 Å². The Morgan fingerprint density at radius 2 is 1.96 bits per heavy atom. The fraction of sp³-hybridized carbons (Fsp3) is 0.700. The second-order valence-corrected chi connectivity index (χ2v) is 8.32. The fourth-order valence-corrected chi connectivity index (χ4v) is 4.18. The Balaban J connectivity index is 1.32. The van der Waals surface area contributed by atoms with Gasteiger partial charge in [-0.2, -0.15) is 0 Å². The van der Waals surface area contributed by atoms with E-state index in [9.17, 15) is 4.79 Å². The van der Waals surface area contributed by atoms with Crippen molar-refractivity contribution in [2.75, 3.05) is 13.1 Å².